The fourth-order valence-electron chi connectivity index (χ4n) is 8.18. The third kappa shape index (κ3) is 5.44. The average molecular weight is 720 g/mol. The topological polar surface area (TPSA) is 65.0 Å². The number of rotatable bonds is 6. The summed E-state index contributed by atoms with van der Waals surface area (Å²) in [6.07, 6.45) is 3.79. The lowest BCUT2D eigenvalue weighted by molar-refractivity contribution is 0.572. The molecule has 0 amide bonds. The Morgan fingerprint density at radius 3 is 1.82 bits per heavy atom. The van der Waals surface area contributed by atoms with Crippen LogP contribution in [0.25, 0.3) is 101 Å². The van der Waals surface area contributed by atoms with Crippen molar-refractivity contribution in [3.8, 4) is 56.2 Å². The predicted molar refractivity (Wildman–Crippen MR) is 226 cm³/mol. The van der Waals surface area contributed by atoms with Crippen LogP contribution in [-0.2, 0) is 0 Å². The van der Waals surface area contributed by atoms with Gasteiger partial charge in [-0.3, -0.25) is 0 Å². The first-order chi connectivity index (χ1) is 27.7. The van der Waals surface area contributed by atoms with Gasteiger partial charge < -0.3 is 8.83 Å². The van der Waals surface area contributed by atoms with Crippen LogP contribution in [0.4, 0.5) is 0 Å². The van der Waals surface area contributed by atoms with E-state index in [1.54, 1.807) is 0 Å². The molecule has 10 aromatic rings. The van der Waals surface area contributed by atoms with Crippen molar-refractivity contribution in [1.82, 2.24) is 15.0 Å². The third-order valence-electron chi connectivity index (χ3n) is 10.8. The second kappa shape index (κ2) is 13.2. The predicted octanol–water partition coefficient (Wildman–Crippen LogP) is 11.6. The highest BCUT2D eigenvalue weighted by atomic mass is 16.3. The molecular formula is C51H33N3O2. The van der Waals surface area contributed by atoms with Crippen LogP contribution in [0, 0.1) is 0 Å². The van der Waals surface area contributed by atoms with E-state index in [-0.39, 0.29) is 0 Å². The lowest BCUT2D eigenvalue weighted by atomic mass is 9.96. The smallest absolute Gasteiger partial charge is 0.164 e. The maximum absolute atomic E-state index is 6.77. The van der Waals surface area contributed by atoms with Gasteiger partial charge in [0.1, 0.15) is 22.2 Å². The molecule has 0 aliphatic heterocycles. The Morgan fingerprint density at radius 2 is 1.00 bits per heavy atom. The second-order valence-electron chi connectivity index (χ2n) is 14.2. The standard InChI is InChI=1S/C51H33N3O2/c1-3-13-32(14-4-1)36-17-9-18-37(31-36)33-27-29-34(30-28-33)38-20-10-21-40-47-42(23-12-26-45(47)56-48(38)40)51-53-49(35-15-5-2-6-16-35)52-50(54-51)41-22-11-25-44-46(41)39-19-7-8-24-43(39)55-44/h1-11,13-22,24-31H,12,23H2. The summed E-state index contributed by atoms with van der Waals surface area (Å²) < 4.78 is 13.0. The Hall–Kier alpha value is -7.37. The van der Waals surface area contributed by atoms with Crippen LogP contribution in [0.2, 0.25) is 0 Å². The van der Waals surface area contributed by atoms with Crippen molar-refractivity contribution >= 4 is 44.6 Å². The first-order valence-electron chi connectivity index (χ1n) is 19.0. The molecule has 1 aliphatic carbocycles. The zero-order valence-corrected chi connectivity index (χ0v) is 30.3. The lowest BCUT2D eigenvalue weighted by Crippen LogP contribution is -2.27. The molecule has 3 aromatic heterocycles. The summed E-state index contributed by atoms with van der Waals surface area (Å²) in [6, 6.07) is 58.8. The molecule has 264 valence electrons. The Kier molecular flexibility index (Phi) is 7.56. The highest BCUT2D eigenvalue weighted by molar-refractivity contribution is 6.11. The molecule has 7 aromatic carbocycles. The van der Waals surface area contributed by atoms with Crippen molar-refractivity contribution in [2.45, 2.75) is 12.8 Å². The summed E-state index contributed by atoms with van der Waals surface area (Å²) >= 11 is 0. The highest BCUT2D eigenvalue weighted by Crippen LogP contribution is 2.37. The minimum Gasteiger partial charge on any atom is -0.456 e. The van der Waals surface area contributed by atoms with Gasteiger partial charge in [-0.25, -0.2) is 15.0 Å². The van der Waals surface area contributed by atoms with Crippen LogP contribution >= 0.6 is 0 Å². The van der Waals surface area contributed by atoms with E-state index in [1.165, 1.54) is 22.3 Å². The molecular weight excluding hydrogens is 687 g/mol. The van der Waals surface area contributed by atoms with Gasteiger partial charge in [-0.05, 0) is 64.9 Å². The lowest BCUT2D eigenvalue weighted by Gasteiger charge is -2.12. The van der Waals surface area contributed by atoms with Crippen LogP contribution in [0.5, 0.6) is 0 Å². The number of para-hydroxylation sites is 2. The van der Waals surface area contributed by atoms with E-state index < -0.39 is 0 Å². The summed E-state index contributed by atoms with van der Waals surface area (Å²) in [5, 5.41) is 4.13. The maximum Gasteiger partial charge on any atom is 0.164 e. The van der Waals surface area contributed by atoms with Crippen LogP contribution in [0.15, 0.2) is 179 Å². The van der Waals surface area contributed by atoms with Crippen LogP contribution in [0.1, 0.15) is 18.7 Å². The van der Waals surface area contributed by atoms with Crippen LogP contribution in [0.3, 0.4) is 0 Å². The molecule has 0 radical (unpaired) electrons. The Labute approximate surface area is 322 Å². The molecule has 5 heteroatoms. The van der Waals surface area contributed by atoms with E-state index >= 15 is 0 Å². The summed E-state index contributed by atoms with van der Waals surface area (Å²) in [7, 11) is 0. The fourth-order valence-corrected chi connectivity index (χ4v) is 8.18. The Morgan fingerprint density at radius 1 is 0.411 bits per heavy atom. The molecule has 0 spiro atoms. The quantitative estimate of drug-likeness (QED) is 0.171. The largest absolute Gasteiger partial charge is 0.456 e. The van der Waals surface area contributed by atoms with Crippen molar-refractivity contribution in [2.24, 2.45) is 0 Å². The first kappa shape index (κ1) is 32.1. The molecule has 0 N–H and O–H groups in total. The van der Waals surface area contributed by atoms with Crippen molar-refractivity contribution in [2.75, 3.05) is 0 Å². The molecule has 0 unspecified atom stereocenters. The molecule has 0 saturated heterocycles. The first-order valence-corrected chi connectivity index (χ1v) is 19.0. The van der Waals surface area contributed by atoms with Gasteiger partial charge in [0, 0.05) is 43.6 Å². The van der Waals surface area contributed by atoms with Gasteiger partial charge in [-0.2, -0.15) is 0 Å². The molecule has 1 aliphatic rings. The Balaban J connectivity index is 1.06. The average Bonchev–Trinajstić information content (AvgIpc) is 3.86. The molecule has 0 atom stereocenters. The normalized spacial score (nSPS) is 12.6. The SMILES string of the molecule is C1=c2oc3c(-c4ccc(-c5cccc(-c6ccccc6)c5)cc4)cccc3c2=C(c2nc(-c3ccccc3)nc(-c3cccc4oc5ccccc5c34)n2)CC1. The number of hydrogen-bond acceptors (Lipinski definition) is 5. The number of aromatic nitrogens is 3. The maximum atomic E-state index is 6.77. The molecule has 0 bridgehead atoms. The number of furan rings is 2. The van der Waals surface area contributed by atoms with Crippen LogP contribution < -0.4 is 10.6 Å². The van der Waals surface area contributed by atoms with Gasteiger partial charge >= 0.3 is 0 Å². The summed E-state index contributed by atoms with van der Waals surface area (Å²) in [5.41, 5.74) is 13.2. The summed E-state index contributed by atoms with van der Waals surface area (Å²) in [4.78, 5) is 15.5. The van der Waals surface area contributed by atoms with Gasteiger partial charge in [0.25, 0.3) is 0 Å². The van der Waals surface area contributed by atoms with E-state index in [0.29, 0.717) is 17.5 Å². The van der Waals surface area contributed by atoms with Crippen molar-refractivity contribution in [3.05, 3.63) is 186 Å². The molecule has 0 saturated carbocycles. The number of fused-ring (bicyclic) bond motifs is 6. The van der Waals surface area contributed by atoms with Gasteiger partial charge in [-0.15, -0.1) is 0 Å². The highest BCUT2D eigenvalue weighted by Gasteiger charge is 2.22. The zero-order valence-electron chi connectivity index (χ0n) is 30.3. The molecule has 56 heavy (non-hydrogen) atoms. The summed E-state index contributed by atoms with van der Waals surface area (Å²) in [5.74, 6) is 1.89. The minimum absolute atomic E-state index is 0.609. The summed E-state index contributed by atoms with van der Waals surface area (Å²) in [6.45, 7) is 0. The number of hydrogen-bond donors (Lipinski definition) is 0. The minimum atomic E-state index is 0.609. The van der Waals surface area contributed by atoms with Gasteiger partial charge in [0.2, 0.25) is 0 Å². The number of benzene rings is 7. The van der Waals surface area contributed by atoms with E-state index in [4.69, 9.17) is 23.8 Å². The fraction of sp³-hybridized carbons (Fsp3) is 0.0392. The van der Waals surface area contributed by atoms with Crippen molar-refractivity contribution in [1.29, 1.82) is 0 Å². The van der Waals surface area contributed by atoms with E-state index in [2.05, 4.69) is 115 Å². The Bertz CT molecular complexity index is 3240. The molecule has 0 fully saturated rings. The zero-order chi connectivity index (χ0) is 37.0. The third-order valence-corrected chi connectivity index (χ3v) is 10.8. The van der Waals surface area contributed by atoms with E-state index in [1.807, 2.05) is 60.7 Å². The van der Waals surface area contributed by atoms with Crippen LogP contribution in [-0.4, -0.2) is 15.0 Å². The monoisotopic (exact) mass is 719 g/mol. The molecule has 11 rings (SSSR count). The van der Waals surface area contributed by atoms with E-state index in [0.717, 1.165) is 84.2 Å². The van der Waals surface area contributed by atoms with Crippen molar-refractivity contribution < 1.29 is 8.83 Å². The van der Waals surface area contributed by atoms with Crippen molar-refractivity contribution in [3.63, 3.8) is 0 Å². The number of nitrogens with zero attached hydrogens (tertiary/aromatic N) is 3. The molecule has 3 heterocycles. The molecule has 5 nitrogen and oxygen atoms in total. The second-order valence-corrected chi connectivity index (χ2v) is 14.2. The van der Waals surface area contributed by atoms with Gasteiger partial charge in [-0.1, -0.05) is 152 Å². The van der Waals surface area contributed by atoms with E-state index in [9.17, 15) is 0 Å². The van der Waals surface area contributed by atoms with Gasteiger partial charge in [0.05, 0.1) is 0 Å². The van der Waals surface area contributed by atoms with Gasteiger partial charge in [0.15, 0.2) is 17.5 Å².